The van der Waals surface area contributed by atoms with E-state index >= 15 is 0 Å². The molecule has 0 saturated carbocycles. The quantitative estimate of drug-likeness (QED) is 0.545. The first-order valence-corrected chi connectivity index (χ1v) is 9.02. The van der Waals surface area contributed by atoms with Crippen LogP contribution in [0.2, 0.25) is 0 Å². The standard InChI is InChI=1S/C21H18FN7O/c1-29-12-18(27-13-29)14-9-20(17(5-6-23)26-11-14)30-19-4-3-15(10-16(19)22)28-21-24-7-2-8-25-21/h2-13,23,26H,1H3,(H,24,25,28)/b17-5-,23-6?. The van der Waals surface area contributed by atoms with Crippen LogP contribution in [-0.2, 0) is 7.05 Å². The van der Waals surface area contributed by atoms with Gasteiger partial charge in [0.25, 0.3) is 0 Å². The van der Waals surface area contributed by atoms with E-state index in [1.165, 1.54) is 18.2 Å². The van der Waals surface area contributed by atoms with E-state index in [1.807, 2.05) is 17.8 Å². The molecule has 0 radical (unpaired) electrons. The van der Waals surface area contributed by atoms with Gasteiger partial charge in [0.1, 0.15) is 0 Å². The molecule has 3 aromatic rings. The summed E-state index contributed by atoms with van der Waals surface area (Å²) in [6.45, 7) is 0. The second-order valence-corrected chi connectivity index (χ2v) is 6.37. The lowest BCUT2D eigenvalue weighted by molar-refractivity contribution is 0.401. The van der Waals surface area contributed by atoms with E-state index in [2.05, 4.69) is 25.6 Å². The van der Waals surface area contributed by atoms with Crippen molar-refractivity contribution >= 4 is 23.4 Å². The van der Waals surface area contributed by atoms with Gasteiger partial charge in [0.05, 0.1) is 17.7 Å². The Labute approximate surface area is 172 Å². The number of aryl methyl sites for hydroxylation is 1. The minimum absolute atomic E-state index is 0.0423. The number of imidazole rings is 1. The number of hydrogen-bond acceptors (Lipinski definition) is 7. The average molecular weight is 403 g/mol. The number of nitrogens with zero attached hydrogens (tertiary/aromatic N) is 4. The molecule has 0 aliphatic carbocycles. The highest BCUT2D eigenvalue weighted by Gasteiger charge is 2.17. The molecule has 2 aromatic heterocycles. The van der Waals surface area contributed by atoms with Crippen molar-refractivity contribution in [2.45, 2.75) is 0 Å². The van der Waals surface area contributed by atoms with Gasteiger partial charge >= 0.3 is 0 Å². The number of aromatic nitrogens is 4. The van der Waals surface area contributed by atoms with E-state index in [0.717, 1.165) is 17.5 Å². The van der Waals surface area contributed by atoms with Gasteiger partial charge in [-0.1, -0.05) is 0 Å². The van der Waals surface area contributed by atoms with Crippen LogP contribution in [0.1, 0.15) is 5.69 Å². The summed E-state index contributed by atoms with van der Waals surface area (Å²) in [6, 6.07) is 6.18. The first-order valence-electron chi connectivity index (χ1n) is 9.02. The second kappa shape index (κ2) is 8.39. The molecule has 9 heteroatoms. The average Bonchev–Trinajstić information content (AvgIpc) is 3.18. The Balaban J connectivity index is 1.58. The number of allylic oxidation sites excluding steroid dienone is 3. The van der Waals surface area contributed by atoms with Crippen LogP contribution in [0.5, 0.6) is 5.75 Å². The number of rotatable bonds is 6. The lowest BCUT2D eigenvalue weighted by Gasteiger charge is -2.19. The van der Waals surface area contributed by atoms with Crippen molar-refractivity contribution in [2.24, 2.45) is 7.05 Å². The lowest BCUT2D eigenvalue weighted by Crippen LogP contribution is -2.17. The van der Waals surface area contributed by atoms with Crippen LogP contribution in [0, 0.1) is 11.2 Å². The minimum atomic E-state index is -0.556. The molecular weight excluding hydrogens is 385 g/mol. The molecular formula is C21H18FN7O. The van der Waals surface area contributed by atoms with Crippen molar-refractivity contribution in [3.05, 3.63) is 90.5 Å². The summed E-state index contributed by atoms with van der Waals surface area (Å²) in [5, 5.41) is 13.3. The molecule has 4 rings (SSSR count). The fraction of sp³-hybridized carbons (Fsp3) is 0.0476. The van der Waals surface area contributed by atoms with Gasteiger partial charge in [-0.05, 0) is 30.4 Å². The second-order valence-electron chi connectivity index (χ2n) is 6.37. The number of dihydropyridines is 1. The zero-order valence-electron chi connectivity index (χ0n) is 16.0. The van der Waals surface area contributed by atoms with Crippen molar-refractivity contribution < 1.29 is 9.13 Å². The van der Waals surface area contributed by atoms with Crippen LogP contribution in [0.25, 0.3) is 5.57 Å². The highest BCUT2D eigenvalue weighted by atomic mass is 19.1. The van der Waals surface area contributed by atoms with Gasteiger partial charge in [-0.3, -0.25) is 0 Å². The molecule has 3 N–H and O–H groups in total. The zero-order valence-corrected chi connectivity index (χ0v) is 16.0. The summed E-state index contributed by atoms with van der Waals surface area (Å²) in [5.74, 6) is 0.222. The maximum Gasteiger partial charge on any atom is 0.227 e. The molecule has 1 aliphatic rings. The maximum absolute atomic E-state index is 14.7. The molecule has 0 atom stereocenters. The third kappa shape index (κ3) is 4.25. The van der Waals surface area contributed by atoms with Crippen LogP contribution in [-0.4, -0.2) is 25.7 Å². The Morgan fingerprint density at radius 2 is 2.07 bits per heavy atom. The molecule has 3 heterocycles. The van der Waals surface area contributed by atoms with E-state index in [9.17, 15) is 4.39 Å². The molecule has 8 nitrogen and oxygen atoms in total. The molecule has 0 spiro atoms. The Hall–Kier alpha value is -4.27. The van der Waals surface area contributed by atoms with Crippen molar-refractivity contribution in [1.82, 2.24) is 24.8 Å². The van der Waals surface area contributed by atoms with Crippen LogP contribution in [0.3, 0.4) is 0 Å². The SMILES string of the molecule is Cn1cnc(C2=CN/C(=C\C=N)C(Oc3ccc(Nc4ncccn4)cc3F)=C2)c1. The van der Waals surface area contributed by atoms with Gasteiger partial charge in [-0.15, -0.1) is 0 Å². The van der Waals surface area contributed by atoms with E-state index < -0.39 is 5.82 Å². The van der Waals surface area contributed by atoms with Gasteiger partial charge in [0.2, 0.25) is 5.95 Å². The molecule has 1 aliphatic heterocycles. The largest absolute Gasteiger partial charge is 0.452 e. The Bertz CT molecular complexity index is 1170. The first kappa shape index (κ1) is 19.1. The van der Waals surface area contributed by atoms with Crippen molar-refractivity contribution in [3.8, 4) is 5.75 Å². The maximum atomic E-state index is 14.7. The molecule has 0 saturated heterocycles. The molecule has 30 heavy (non-hydrogen) atoms. The third-order valence-electron chi connectivity index (χ3n) is 4.16. The van der Waals surface area contributed by atoms with Gasteiger partial charge in [-0.25, -0.2) is 19.3 Å². The highest BCUT2D eigenvalue weighted by Crippen LogP contribution is 2.29. The normalized spacial score (nSPS) is 14.5. The fourth-order valence-electron chi connectivity index (χ4n) is 2.77. The van der Waals surface area contributed by atoms with E-state index in [1.54, 1.807) is 43.1 Å². The van der Waals surface area contributed by atoms with Gasteiger partial charge in [0.15, 0.2) is 17.3 Å². The van der Waals surface area contributed by atoms with Crippen molar-refractivity contribution in [2.75, 3.05) is 5.32 Å². The number of ether oxygens (including phenoxy) is 1. The monoisotopic (exact) mass is 403 g/mol. The topological polar surface area (TPSA) is 101 Å². The van der Waals surface area contributed by atoms with Gasteiger partial charge in [-0.2, -0.15) is 0 Å². The Morgan fingerprint density at radius 1 is 1.23 bits per heavy atom. The summed E-state index contributed by atoms with van der Waals surface area (Å²) in [4.78, 5) is 12.4. The van der Waals surface area contributed by atoms with E-state index in [4.69, 9.17) is 10.1 Å². The summed E-state index contributed by atoms with van der Waals surface area (Å²) in [7, 11) is 1.88. The number of nitrogens with one attached hydrogen (secondary N) is 3. The summed E-state index contributed by atoms with van der Waals surface area (Å²) in [5.41, 5.74) is 2.53. The Kier molecular flexibility index (Phi) is 5.33. The fourth-order valence-corrected chi connectivity index (χ4v) is 2.77. The molecule has 150 valence electrons. The van der Waals surface area contributed by atoms with Gasteiger partial charge in [0, 0.05) is 55.4 Å². The van der Waals surface area contributed by atoms with Crippen molar-refractivity contribution in [1.29, 1.82) is 5.41 Å². The van der Waals surface area contributed by atoms with Crippen LogP contribution < -0.4 is 15.4 Å². The summed E-state index contributed by atoms with van der Waals surface area (Å²) < 4.78 is 22.4. The van der Waals surface area contributed by atoms with Crippen LogP contribution in [0.4, 0.5) is 16.0 Å². The molecule has 0 bridgehead atoms. The van der Waals surface area contributed by atoms with Gasteiger partial charge < -0.3 is 25.3 Å². The van der Waals surface area contributed by atoms with E-state index in [-0.39, 0.29) is 5.75 Å². The smallest absolute Gasteiger partial charge is 0.227 e. The lowest BCUT2D eigenvalue weighted by atomic mass is 10.1. The number of anilines is 2. The van der Waals surface area contributed by atoms with Crippen LogP contribution >= 0.6 is 0 Å². The zero-order chi connectivity index (χ0) is 20.9. The predicted octanol–water partition coefficient (Wildman–Crippen LogP) is 3.53. The first-order chi connectivity index (χ1) is 14.6. The molecule has 0 unspecified atom stereocenters. The number of halogens is 1. The van der Waals surface area contributed by atoms with Crippen LogP contribution in [0.15, 0.2) is 79.0 Å². The number of benzene rings is 1. The third-order valence-corrected chi connectivity index (χ3v) is 4.16. The Morgan fingerprint density at radius 3 is 2.77 bits per heavy atom. The minimum Gasteiger partial charge on any atom is -0.452 e. The highest BCUT2D eigenvalue weighted by molar-refractivity contribution is 5.77. The molecule has 0 fully saturated rings. The van der Waals surface area contributed by atoms with E-state index in [0.29, 0.717) is 23.1 Å². The summed E-state index contributed by atoms with van der Waals surface area (Å²) in [6.07, 6.45) is 12.9. The number of hydrogen-bond donors (Lipinski definition) is 3. The molecule has 1 aromatic carbocycles. The van der Waals surface area contributed by atoms with Crippen molar-refractivity contribution in [3.63, 3.8) is 0 Å². The summed E-state index contributed by atoms with van der Waals surface area (Å²) >= 11 is 0. The predicted molar refractivity (Wildman–Crippen MR) is 112 cm³/mol. The molecule has 0 amide bonds.